The molecule has 0 aliphatic heterocycles. The fourth-order valence-electron chi connectivity index (χ4n) is 0.672. The molecule has 0 saturated heterocycles. The van der Waals surface area contributed by atoms with Gasteiger partial charge in [-0.25, -0.2) is 0 Å². The fourth-order valence-corrected chi connectivity index (χ4v) is 1.33. The van der Waals surface area contributed by atoms with E-state index >= 15 is 0 Å². The van der Waals surface area contributed by atoms with Crippen molar-refractivity contribution in [2.75, 3.05) is 0 Å². The largest absolute Gasteiger partial charge is 0.0990 e. The molecule has 0 atom stereocenters. The van der Waals surface area contributed by atoms with Gasteiger partial charge in [-0.1, -0.05) is 48.7 Å². The molecule has 1 aromatic rings. The second-order valence-corrected chi connectivity index (χ2v) is 2.97. The molecule has 0 unspecified atom stereocenters. The van der Waals surface area contributed by atoms with Gasteiger partial charge in [0.15, 0.2) is 0 Å². The Balaban J connectivity index is 2.51. The van der Waals surface area contributed by atoms with Crippen LogP contribution < -0.4 is 0 Å². The van der Waals surface area contributed by atoms with Gasteiger partial charge in [-0.05, 0) is 17.5 Å². The highest BCUT2D eigenvalue weighted by atomic mass is 32.2. The van der Waals surface area contributed by atoms with E-state index in [2.05, 4.69) is 18.7 Å². The van der Waals surface area contributed by atoms with Gasteiger partial charge in [0.2, 0.25) is 0 Å². The molecule has 0 radical (unpaired) electrons. The first-order valence-electron chi connectivity index (χ1n) is 3.43. The lowest BCUT2D eigenvalue weighted by molar-refractivity contribution is 1.47. The molecule has 0 fully saturated rings. The molecule has 0 N–H and O–H groups in total. The lowest BCUT2D eigenvalue weighted by atomic mass is 10.4. The van der Waals surface area contributed by atoms with E-state index in [1.807, 2.05) is 29.7 Å². The minimum absolute atomic E-state index is 1.26. The molecule has 0 nitrogen and oxygen atoms in total. The van der Waals surface area contributed by atoms with Crippen LogP contribution in [0.3, 0.4) is 0 Å². The van der Waals surface area contributed by atoms with Crippen LogP contribution in [0.5, 0.6) is 0 Å². The van der Waals surface area contributed by atoms with Crippen LogP contribution in [-0.2, 0) is 0 Å². The van der Waals surface area contributed by atoms with Crippen LogP contribution in [0, 0.1) is 0 Å². The van der Waals surface area contributed by atoms with Crippen molar-refractivity contribution in [1.82, 2.24) is 0 Å². The lowest BCUT2D eigenvalue weighted by Gasteiger charge is -1.91. The normalized spacial score (nSPS) is 10.2. The Bertz CT molecular complexity index is 236. The van der Waals surface area contributed by atoms with Gasteiger partial charge in [-0.3, -0.25) is 0 Å². The number of allylic oxidation sites excluding steroid dienone is 2. The zero-order chi connectivity index (χ0) is 7.94. The molecule has 1 aromatic carbocycles. The van der Waals surface area contributed by atoms with E-state index < -0.39 is 0 Å². The van der Waals surface area contributed by atoms with Crippen molar-refractivity contribution in [3.05, 3.63) is 54.5 Å². The molecule has 0 spiro atoms. The lowest BCUT2D eigenvalue weighted by Crippen LogP contribution is -1.63. The van der Waals surface area contributed by atoms with Gasteiger partial charge in [0.05, 0.1) is 0 Å². The van der Waals surface area contributed by atoms with Crippen LogP contribution >= 0.6 is 11.8 Å². The number of thioether (sulfide) groups is 1. The van der Waals surface area contributed by atoms with Crippen molar-refractivity contribution >= 4 is 11.8 Å². The summed E-state index contributed by atoms with van der Waals surface area (Å²) in [5, 5.41) is 2.02. The van der Waals surface area contributed by atoms with Crippen LogP contribution in [0.25, 0.3) is 0 Å². The van der Waals surface area contributed by atoms with Crippen molar-refractivity contribution < 1.29 is 0 Å². The van der Waals surface area contributed by atoms with Crippen molar-refractivity contribution in [2.45, 2.75) is 4.90 Å². The van der Waals surface area contributed by atoms with E-state index in [-0.39, 0.29) is 0 Å². The molecular weight excluding hydrogens is 152 g/mol. The molecule has 0 bridgehead atoms. The minimum atomic E-state index is 1.26. The monoisotopic (exact) mass is 162 g/mol. The predicted molar refractivity (Wildman–Crippen MR) is 51.6 cm³/mol. The summed E-state index contributed by atoms with van der Waals surface area (Å²) in [6.07, 6.45) is 3.70. The highest BCUT2D eigenvalue weighted by Crippen LogP contribution is 2.17. The second kappa shape index (κ2) is 4.80. The predicted octanol–water partition coefficient (Wildman–Crippen LogP) is 3.48. The summed E-state index contributed by atoms with van der Waals surface area (Å²) in [4.78, 5) is 1.26. The van der Waals surface area contributed by atoms with Gasteiger partial charge in [-0.2, -0.15) is 0 Å². The number of benzene rings is 1. The van der Waals surface area contributed by atoms with Gasteiger partial charge in [0, 0.05) is 4.90 Å². The first-order valence-corrected chi connectivity index (χ1v) is 4.31. The standard InChI is InChI=1S/C10H10S/c1-2-3-9-11-10-7-5-4-6-8-10/h2-9H,1H2/b9-3-. The summed E-state index contributed by atoms with van der Waals surface area (Å²) in [6, 6.07) is 10.2. The highest BCUT2D eigenvalue weighted by Gasteiger charge is 1.83. The van der Waals surface area contributed by atoms with E-state index in [9.17, 15) is 0 Å². The molecule has 11 heavy (non-hydrogen) atoms. The van der Waals surface area contributed by atoms with Crippen LogP contribution in [0.15, 0.2) is 59.4 Å². The minimum Gasteiger partial charge on any atom is -0.0990 e. The van der Waals surface area contributed by atoms with Gasteiger partial charge in [0.25, 0.3) is 0 Å². The van der Waals surface area contributed by atoms with Gasteiger partial charge >= 0.3 is 0 Å². The Hall–Kier alpha value is -0.950. The molecule has 0 amide bonds. The first kappa shape index (κ1) is 8.15. The van der Waals surface area contributed by atoms with Crippen LogP contribution in [0.4, 0.5) is 0 Å². The summed E-state index contributed by atoms with van der Waals surface area (Å²) < 4.78 is 0. The van der Waals surface area contributed by atoms with Crippen LogP contribution in [-0.4, -0.2) is 0 Å². The van der Waals surface area contributed by atoms with Crippen molar-refractivity contribution in [1.29, 1.82) is 0 Å². The molecular formula is C10H10S. The quantitative estimate of drug-likeness (QED) is 0.484. The third-order valence-electron chi connectivity index (χ3n) is 1.16. The smallest absolute Gasteiger partial charge is 0.0116 e. The maximum atomic E-state index is 3.59. The average Bonchev–Trinajstić information content (AvgIpc) is 2.07. The molecule has 0 aliphatic rings. The van der Waals surface area contributed by atoms with Gasteiger partial charge in [-0.15, -0.1) is 0 Å². The molecule has 1 heteroatoms. The van der Waals surface area contributed by atoms with E-state index in [1.54, 1.807) is 17.8 Å². The van der Waals surface area contributed by atoms with E-state index in [0.29, 0.717) is 0 Å². The Labute approximate surface area is 71.6 Å². The molecule has 1 rings (SSSR count). The third-order valence-corrected chi connectivity index (χ3v) is 2.00. The Morgan fingerprint density at radius 2 is 1.91 bits per heavy atom. The molecule has 0 saturated carbocycles. The number of hydrogen-bond acceptors (Lipinski definition) is 1. The fraction of sp³-hybridized carbons (Fsp3) is 0. The Morgan fingerprint density at radius 3 is 2.55 bits per heavy atom. The van der Waals surface area contributed by atoms with Crippen molar-refractivity contribution in [3.8, 4) is 0 Å². The molecule has 56 valence electrons. The van der Waals surface area contributed by atoms with Gasteiger partial charge in [0.1, 0.15) is 0 Å². The van der Waals surface area contributed by atoms with E-state index in [4.69, 9.17) is 0 Å². The van der Waals surface area contributed by atoms with Crippen molar-refractivity contribution in [2.24, 2.45) is 0 Å². The molecule has 0 aromatic heterocycles. The Morgan fingerprint density at radius 1 is 1.18 bits per heavy atom. The number of rotatable bonds is 3. The van der Waals surface area contributed by atoms with Crippen LogP contribution in [0.2, 0.25) is 0 Å². The zero-order valence-electron chi connectivity index (χ0n) is 6.23. The van der Waals surface area contributed by atoms with Crippen LogP contribution in [0.1, 0.15) is 0 Å². The maximum absolute atomic E-state index is 3.59. The number of hydrogen-bond donors (Lipinski definition) is 0. The second-order valence-electron chi connectivity index (χ2n) is 2.00. The van der Waals surface area contributed by atoms with E-state index in [1.165, 1.54) is 4.90 Å². The Kier molecular flexibility index (Phi) is 3.56. The summed E-state index contributed by atoms with van der Waals surface area (Å²) >= 11 is 1.69. The first-order chi connectivity index (χ1) is 5.43. The van der Waals surface area contributed by atoms with E-state index in [0.717, 1.165) is 0 Å². The SMILES string of the molecule is C=C/C=C\Sc1ccccc1. The topological polar surface area (TPSA) is 0 Å². The molecule has 0 aliphatic carbocycles. The maximum Gasteiger partial charge on any atom is 0.0116 e. The summed E-state index contributed by atoms with van der Waals surface area (Å²) in [5.41, 5.74) is 0. The summed E-state index contributed by atoms with van der Waals surface area (Å²) in [5.74, 6) is 0. The highest BCUT2D eigenvalue weighted by molar-refractivity contribution is 8.02. The summed E-state index contributed by atoms with van der Waals surface area (Å²) in [7, 11) is 0. The third kappa shape index (κ3) is 3.10. The van der Waals surface area contributed by atoms with Crippen molar-refractivity contribution in [3.63, 3.8) is 0 Å². The van der Waals surface area contributed by atoms with Gasteiger partial charge < -0.3 is 0 Å². The average molecular weight is 162 g/mol. The summed E-state index contributed by atoms with van der Waals surface area (Å²) in [6.45, 7) is 3.59. The zero-order valence-corrected chi connectivity index (χ0v) is 7.05. The molecule has 0 heterocycles.